The van der Waals surface area contributed by atoms with E-state index in [1.165, 1.54) is 71.0 Å². The summed E-state index contributed by atoms with van der Waals surface area (Å²) in [6.45, 7) is 6.27. The van der Waals surface area contributed by atoms with Crippen molar-refractivity contribution in [3.63, 3.8) is 0 Å². The number of nitrogens with one attached hydrogen (secondary N) is 1. The van der Waals surface area contributed by atoms with Gasteiger partial charge in [-0.2, -0.15) is 0 Å². The van der Waals surface area contributed by atoms with Crippen molar-refractivity contribution in [2.45, 2.75) is 64.3 Å². The van der Waals surface area contributed by atoms with E-state index in [4.69, 9.17) is 0 Å². The van der Waals surface area contributed by atoms with Crippen LogP contribution in [-0.2, 0) is 0 Å². The molecule has 0 heterocycles. The highest BCUT2D eigenvalue weighted by Gasteiger charge is 2.26. The molecule has 2 unspecified atom stereocenters. The van der Waals surface area contributed by atoms with Crippen LogP contribution in [0.3, 0.4) is 0 Å². The van der Waals surface area contributed by atoms with Gasteiger partial charge in [0.1, 0.15) is 0 Å². The molecule has 0 aromatic rings. The average molecular weight is 252 g/mol. The maximum absolute atomic E-state index is 3.58. The molecule has 18 heavy (non-hydrogen) atoms. The maximum atomic E-state index is 3.58. The van der Waals surface area contributed by atoms with Crippen LogP contribution in [-0.4, -0.2) is 37.6 Å². The number of rotatable bonds is 6. The van der Waals surface area contributed by atoms with E-state index < -0.39 is 0 Å². The first kappa shape index (κ1) is 14.3. The molecule has 2 nitrogen and oxygen atoms in total. The van der Waals surface area contributed by atoms with Gasteiger partial charge in [-0.25, -0.2) is 0 Å². The van der Waals surface area contributed by atoms with Crippen molar-refractivity contribution >= 4 is 0 Å². The number of nitrogens with zero attached hydrogens (tertiary/aromatic N) is 1. The van der Waals surface area contributed by atoms with E-state index >= 15 is 0 Å². The molecule has 2 atom stereocenters. The molecule has 0 amide bonds. The Bertz CT molecular complexity index is 225. The standard InChI is InChI=1S/C16H32N2/c1-3-18(12-14-8-7-9-14)13-15-10-5-4-6-11-16(15)17-2/h14-17H,3-13H2,1-2H3. The van der Waals surface area contributed by atoms with E-state index in [1.54, 1.807) is 0 Å². The lowest BCUT2D eigenvalue weighted by Gasteiger charge is -2.35. The second kappa shape index (κ2) is 7.49. The molecule has 2 aliphatic rings. The van der Waals surface area contributed by atoms with Crippen molar-refractivity contribution in [2.75, 3.05) is 26.7 Å². The molecule has 2 rings (SSSR count). The normalized spacial score (nSPS) is 30.2. The highest BCUT2D eigenvalue weighted by Crippen LogP contribution is 2.29. The lowest BCUT2D eigenvalue weighted by molar-refractivity contribution is 0.148. The first-order valence-electron chi connectivity index (χ1n) is 8.23. The fraction of sp³-hybridized carbons (Fsp3) is 1.00. The Morgan fingerprint density at radius 1 is 0.944 bits per heavy atom. The molecular formula is C16H32N2. The molecule has 0 aromatic heterocycles. The van der Waals surface area contributed by atoms with Crippen molar-refractivity contribution in [3.8, 4) is 0 Å². The zero-order valence-corrected chi connectivity index (χ0v) is 12.5. The lowest BCUT2D eigenvalue weighted by Crippen LogP contribution is -2.42. The molecule has 0 radical (unpaired) electrons. The van der Waals surface area contributed by atoms with Crippen LogP contribution in [0.25, 0.3) is 0 Å². The van der Waals surface area contributed by atoms with Gasteiger partial charge in [-0.05, 0) is 51.1 Å². The Morgan fingerprint density at radius 2 is 1.72 bits per heavy atom. The molecule has 2 saturated carbocycles. The summed E-state index contributed by atoms with van der Waals surface area (Å²) in [6.07, 6.45) is 11.6. The molecule has 2 heteroatoms. The van der Waals surface area contributed by atoms with E-state index in [2.05, 4.69) is 24.2 Å². The molecule has 2 aliphatic carbocycles. The van der Waals surface area contributed by atoms with Gasteiger partial charge < -0.3 is 10.2 Å². The molecule has 0 spiro atoms. The first-order chi connectivity index (χ1) is 8.83. The fourth-order valence-corrected chi connectivity index (χ4v) is 3.69. The highest BCUT2D eigenvalue weighted by atomic mass is 15.1. The van der Waals surface area contributed by atoms with E-state index in [-0.39, 0.29) is 0 Å². The van der Waals surface area contributed by atoms with Crippen molar-refractivity contribution in [1.29, 1.82) is 0 Å². The van der Waals surface area contributed by atoms with Crippen molar-refractivity contribution in [1.82, 2.24) is 10.2 Å². The van der Waals surface area contributed by atoms with Gasteiger partial charge in [-0.1, -0.05) is 32.6 Å². The van der Waals surface area contributed by atoms with Crippen LogP contribution in [0.5, 0.6) is 0 Å². The van der Waals surface area contributed by atoms with Gasteiger partial charge in [-0.15, -0.1) is 0 Å². The average Bonchev–Trinajstić information content (AvgIpc) is 2.56. The van der Waals surface area contributed by atoms with Crippen LogP contribution in [0.4, 0.5) is 0 Å². The smallest absolute Gasteiger partial charge is 0.0104 e. The van der Waals surface area contributed by atoms with Crippen LogP contribution in [0.1, 0.15) is 58.3 Å². The van der Waals surface area contributed by atoms with E-state index in [9.17, 15) is 0 Å². The summed E-state index contributed by atoms with van der Waals surface area (Å²) >= 11 is 0. The summed E-state index contributed by atoms with van der Waals surface area (Å²) in [5.41, 5.74) is 0. The Labute approximate surface area is 114 Å². The third-order valence-corrected chi connectivity index (χ3v) is 5.21. The molecule has 0 aromatic carbocycles. The summed E-state index contributed by atoms with van der Waals surface area (Å²) < 4.78 is 0. The Morgan fingerprint density at radius 3 is 2.33 bits per heavy atom. The highest BCUT2D eigenvalue weighted by molar-refractivity contribution is 4.82. The third-order valence-electron chi connectivity index (χ3n) is 5.21. The second-order valence-corrected chi connectivity index (χ2v) is 6.44. The maximum Gasteiger partial charge on any atom is 0.0104 e. The van der Waals surface area contributed by atoms with Gasteiger partial charge in [0.15, 0.2) is 0 Å². The van der Waals surface area contributed by atoms with Gasteiger partial charge in [0, 0.05) is 19.1 Å². The molecular weight excluding hydrogens is 220 g/mol. The lowest BCUT2D eigenvalue weighted by atomic mass is 9.84. The summed E-state index contributed by atoms with van der Waals surface area (Å²) in [5.74, 6) is 1.90. The monoisotopic (exact) mass is 252 g/mol. The molecule has 106 valence electrons. The topological polar surface area (TPSA) is 15.3 Å². The van der Waals surface area contributed by atoms with Crippen LogP contribution in [0.15, 0.2) is 0 Å². The second-order valence-electron chi connectivity index (χ2n) is 6.44. The van der Waals surface area contributed by atoms with Crippen molar-refractivity contribution in [3.05, 3.63) is 0 Å². The van der Waals surface area contributed by atoms with Gasteiger partial charge in [-0.3, -0.25) is 0 Å². The van der Waals surface area contributed by atoms with Gasteiger partial charge in [0.2, 0.25) is 0 Å². The van der Waals surface area contributed by atoms with Crippen LogP contribution >= 0.6 is 0 Å². The Balaban J connectivity index is 1.82. The van der Waals surface area contributed by atoms with Gasteiger partial charge in [0.05, 0.1) is 0 Å². The predicted molar refractivity (Wildman–Crippen MR) is 78.9 cm³/mol. The van der Waals surface area contributed by atoms with Gasteiger partial charge >= 0.3 is 0 Å². The summed E-state index contributed by atoms with van der Waals surface area (Å²) in [7, 11) is 2.16. The Hall–Kier alpha value is -0.0800. The molecule has 0 saturated heterocycles. The number of hydrogen-bond acceptors (Lipinski definition) is 2. The molecule has 2 fully saturated rings. The van der Waals surface area contributed by atoms with E-state index in [0.717, 1.165) is 17.9 Å². The minimum absolute atomic E-state index is 0.767. The molecule has 0 bridgehead atoms. The summed E-state index contributed by atoms with van der Waals surface area (Å²) in [4.78, 5) is 2.73. The van der Waals surface area contributed by atoms with Gasteiger partial charge in [0.25, 0.3) is 0 Å². The summed E-state index contributed by atoms with van der Waals surface area (Å²) in [5, 5.41) is 3.58. The van der Waals surface area contributed by atoms with Crippen LogP contribution in [0.2, 0.25) is 0 Å². The SMILES string of the molecule is CCN(CC1CCC1)CC1CCCCCC1NC. The minimum Gasteiger partial charge on any atom is -0.317 e. The quantitative estimate of drug-likeness (QED) is 0.730. The zero-order chi connectivity index (χ0) is 12.8. The first-order valence-corrected chi connectivity index (χ1v) is 8.23. The molecule has 0 aliphatic heterocycles. The largest absolute Gasteiger partial charge is 0.317 e. The fourth-order valence-electron chi connectivity index (χ4n) is 3.69. The summed E-state index contributed by atoms with van der Waals surface area (Å²) in [6, 6.07) is 0.767. The number of hydrogen-bond donors (Lipinski definition) is 1. The predicted octanol–water partition coefficient (Wildman–Crippen LogP) is 3.28. The third kappa shape index (κ3) is 3.96. The Kier molecular flexibility index (Phi) is 5.97. The molecule has 1 N–H and O–H groups in total. The van der Waals surface area contributed by atoms with Crippen LogP contribution < -0.4 is 5.32 Å². The van der Waals surface area contributed by atoms with Crippen molar-refractivity contribution in [2.24, 2.45) is 11.8 Å². The van der Waals surface area contributed by atoms with E-state index in [1.807, 2.05) is 0 Å². The van der Waals surface area contributed by atoms with Crippen molar-refractivity contribution < 1.29 is 0 Å². The minimum atomic E-state index is 0.767. The van der Waals surface area contributed by atoms with Crippen LogP contribution in [0, 0.1) is 11.8 Å². The zero-order valence-electron chi connectivity index (χ0n) is 12.5. The van der Waals surface area contributed by atoms with E-state index in [0.29, 0.717) is 0 Å².